The number of thiazole rings is 1. The van der Waals surface area contributed by atoms with Gasteiger partial charge in [0.1, 0.15) is 0 Å². The second kappa shape index (κ2) is 11.5. The fraction of sp³-hybridized carbons (Fsp3) is 0.310. The smallest absolute Gasteiger partial charge is 0.229 e. The van der Waals surface area contributed by atoms with E-state index in [1.54, 1.807) is 11.3 Å². The predicted octanol–water partition coefficient (Wildman–Crippen LogP) is 6.15. The number of amides is 1. The van der Waals surface area contributed by atoms with E-state index in [9.17, 15) is 4.79 Å². The molecule has 5 nitrogen and oxygen atoms in total. The third-order valence-electron chi connectivity index (χ3n) is 6.79. The second-order valence-corrected chi connectivity index (χ2v) is 10.5. The van der Waals surface area contributed by atoms with Crippen LogP contribution in [0.25, 0.3) is 10.2 Å². The van der Waals surface area contributed by atoms with Crippen molar-refractivity contribution in [3.05, 3.63) is 94.5 Å². The average molecular weight is 520 g/mol. The van der Waals surface area contributed by atoms with Crippen molar-refractivity contribution in [2.75, 3.05) is 44.3 Å². The zero-order valence-corrected chi connectivity index (χ0v) is 22.0. The van der Waals surface area contributed by atoms with Crippen molar-refractivity contribution in [3.8, 4) is 0 Å². The number of ether oxygens (including phenoxy) is 1. The number of nitrogens with zero attached hydrogens (tertiary/aromatic N) is 3. The highest BCUT2D eigenvalue weighted by Crippen LogP contribution is 2.35. The Kier molecular flexibility index (Phi) is 7.97. The van der Waals surface area contributed by atoms with E-state index >= 15 is 0 Å². The van der Waals surface area contributed by atoms with Crippen LogP contribution < -0.4 is 4.90 Å². The standard InChI is InChI=1S/C29H30ClN3O2S/c1-21-25(30)12-13-26-28(21)31-29(36-26)33(15-14-32-16-18-35-19-17-32)27(34)20-24(22-8-4-2-5-9-22)23-10-6-3-7-11-23/h2-13,24H,14-20H2,1H3. The number of benzene rings is 3. The monoisotopic (exact) mass is 519 g/mol. The van der Waals surface area contributed by atoms with Crippen LogP contribution in [0.2, 0.25) is 5.02 Å². The maximum absolute atomic E-state index is 14.0. The number of anilines is 1. The highest BCUT2D eigenvalue weighted by Gasteiger charge is 2.26. The maximum atomic E-state index is 14.0. The van der Waals surface area contributed by atoms with Gasteiger partial charge in [-0.05, 0) is 35.7 Å². The van der Waals surface area contributed by atoms with E-state index in [1.165, 1.54) is 0 Å². The summed E-state index contributed by atoms with van der Waals surface area (Å²) in [5, 5.41) is 1.42. The first-order valence-electron chi connectivity index (χ1n) is 12.4. The van der Waals surface area contributed by atoms with Gasteiger partial charge in [0.15, 0.2) is 5.13 Å². The summed E-state index contributed by atoms with van der Waals surface area (Å²) in [4.78, 5) is 23.2. The number of fused-ring (bicyclic) bond motifs is 1. The Labute approximate surface area is 221 Å². The summed E-state index contributed by atoms with van der Waals surface area (Å²) in [5.74, 6) is 0.0418. The first-order valence-corrected chi connectivity index (χ1v) is 13.6. The van der Waals surface area contributed by atoms with Crippen LogP contribution in [0.5, 0.6) is 0 Å². The number of rotatable bonds is 8. The summed E-state index contributed by atoms with van der Waals surface area (Å²) in [5.41, 5.74) is 4.09. The summed E-state index contributed by atoms with van der Waals surface area (Å²) >= 11 is 7.93. The number of aromatic nitrogens is 1. The van der Waals surface area contributed by atoms with Gasteiger partial charge < -0.3 is 4.74 Å². The van der Waals surface area contributed by atoms with Crippen LogP contribution >= 0.6 is 22.9 Å². The molecule has 0 N–H and O–H groups in total. The highest BCUT2D eigenvalue weighted by molar-refractivity contribution is 7.22. The minimum atomic E-state index is -0.0312. The molecule has 0 unspecified atom stereocenters. The van der Waals surface area contributed by atoms with Crippen molar-refractivity contribution in [2.45, 2.75) is 19.3 Å². The van der Waals surface area contributed by atoms with Crippen LogP contribution in [-0.4, -0.2) is 55.2 Å². The highest BCUT2D eigenvalue weighted by atomic mass is 35.5. The zero-order chi connectivity index (χ0) is 24.9. The van der Waals surface area contributed by atoms with Gasteiger partial charge in [0.05, 0.1) is 23.4 Å². The minimum Gasteiger partial charge on any atom is -0.379 e. The number of carbonyl (C=O) groups excluding carboxylic acids is 1. The fourth-order valence-electron chi connectivity index (χ4n) is 4.68. The molecule has 0 aliphatic carbocycles. The third-order valence-corrected chi connectivity index (χ3v) is 8.25. The van der Waals surface area contributed by atoms with Crippen molar-refractivity contribution in [3.63, 3.8) is 0 Å². The van der Waals surface area contributed by atoms with Crippen molar-refractivity contribution < 1.29 is 9.53 Å². The number of hydrogen-bond donors (Lipinski definition) is 0. The van der Waals surface area contributed by atoms with Crippen LogP contribution in [-0.2, 0) is 9.53 Å². The molecule has 2 heterocycles. The molecule has 1 amide bonds. The van der Waals surface area contributed by atoms with Gasteiger partial charge in [-0.2, -0.15) is 0 Å². The van der Waals surface area contributed by atoms with Crippen molar-refractivity contribution in [1.82, 2.24) is 9.88 Å². The van der Waals surface area contributed by atoms with Crippen LogP contribution in [0.4, 0.5) is 5.13 Å². The van der Waals surface area contributed by atoms with Crippen LogP contribution in [0.15, 0.2) is 72.8 Å². The topological polar surface area (TPSA) is 45.7 Å². The first kappa shape index (κ1) is 24.9. The average Bonchev–Trinajstić information content (AvgIpc) is 3.36. The summed E-state index contributed by atoms with van der Waals surface area (Å²) in [6.07, 6.45) is 0.368. The Balaban J connectivity index is 1.46. The second-order valence-electron chi connectivity index (χ2n) is 9.09. The molecule has 0 bridgehead atoms. The molecular weight excluding hydrogens is 490 g/mol. The fourth-order valence-corrected chi connectivity index (χ4v) is 5.90. The van der Waals surface area contributed by atoms with E-state index < -0.39 is 0 Å². The molecule has 0 radical (unpaired) electrons. The molecule has 1 aromatic heterocycles. The number of aryl methyl sites for hydroxylation is 1. The molecule has 4 aromatic rings. The maximum Gasteiger partial charge on any atom is 0.229 e. The molecular formula is C29H30ClN3O2S. The van der Waals surface area contributed by atoms with Crippen LogP contribution in [0.3, 0.4) is 0 Å². The Bertz CT molecular complexity index is 1270. The Morgan fingerprint density at radius 2 is 1.67 bits per heavy atom. The van der Waals surface area contributed by atoms with E-state index in [-0.39, 0.29) is 11.8 Å². The molecule has 186 valence electrons. The summed E-state index contributed by atoms with van der Waals surface area (Å²) < 4.78 is 6.55. The van der Waals surface area contributed by atoms with Gasteiger partial charge in [-0.3, -0.25) is 14.6 Å². The van der Waals surface area contributed by atoms with Gasteiger partial charge >= 0.3 is 0 Å². The van der Waals surface area contributed by atoms with E-state index in [2.05, 4.69) is 29.2 Å². The lowest BCUT2D eigenvalue weighted by molar-refractivity contribution is -0.118. The number of morpholine rings is 1. The Hall–Kier alpha value is -2.77. The quantitative estimate of drug-likeness (QED) is 0.280. The van der Waals surface area contributed by atoms with Gasteiger partial charge in [-0.25, -0.2) is 4.98 Å². The molecule has 1 saturated heterocycles. The normalized spacial score (nSPS) is 14.4. The predicted molar refractivity (Wildman–Crippen MR) is 148 cm³/mol. The van der Waals surface area contributed by atoms with Crippen molar-refractivity contribution >= 4 is 44.2 Å². The molecule has 0 atom stereocenters. The third kappa shape index (κ3) is 5.62. The SMILES string of the molecule is Cc1c(Cl)ccc2sc(N(CCN3CCOCC3)C(=O)CC(c3ccccc3)c3ccccc3)nc12. The largest absolute Gasteiger partial charge is 0.379 e. The van der Waals surface area contributed by atoms with Gasteiger partial charge in [0.25, 0.3) is 0 Å². The van der Waals surface area contributed by atoms with Gasteiger partial charge in [-0.15, -0.1) is 0 Å². The first-order chi connectivity index (χ1) is 17.6. The zero-order valence-electron chi connectivity index (χ0n) is 20.4. The van der Waals surface area contributed by atoms with E-state index in [4.69, 9.17) is 21.3 Å². The summed E-state index contributed by atoms with van der Waals surface area (Å²) in [6.45, 7) is 6.58. The molecule has 1 aliphatic rings. The van der Waals surface area contributed by atoms with E-state index in [0.717, 1.165) is 64.9 Å². The Morgan fingerprint density at radius 3 is 2.31 bits per heavy atom. The molecule has 0 spiro atoms. The number of halogens is 1. The molecule has 5 rings (SSSR count). The summed E-state index contributed by atoms with van der Waals surface area (Å²) in [7, 11) is 0. The van der Waals surface area contributed by atoms with Gasteiger partial charge in [-0.1, -0.05) is 83.6 Å². The van der Waals surface area contributed by atoms with Crippen molar-refractivity contribution in [1.29, 1.82) is 0 Å². The minimum absolute atomic E-state index is 0.0312. The van der Waals surface area contributed by atoms with Crippen LogP contribution in [0, 0.1) is 6.92 Å². The van der Waals surface area contributed by atoms with Gasteiger partial charge in [0.2, 0.25) is 5.91 Å². The number of hydrogen-bond acceptors (Lipinski definition) is 5. The summed E-state index contributed by atoms with van der Waals surface area (Å²) in [6, 6.07) is 24.5. The molecule has 1 fully saturated rings. The molecule has 1 aliphatic heterocycles. The molecule has 36 heavy (non-hydrogen) atoms. The lowest BCUT2D eigenvalue weighted by Gasteiger charge is -2.30. The molecule has 7 heteroatoms. The van der Waals surface area contributed by atoms with Crippen molar-refractivity contribution in [2.24, 2.45) is 0 Å². The van der Waals surface area contributed by atoms with E-state index in [1.807, 2.05) is 60.4 Å². The van der Waals surface area contributed by atoms with Gasteiger partial charge in [0, 0.05) is 43.5 Å². The lowest BCUT2D eigenvalue weighted by Crippen LogP contribution is -2.43. The van der Waals surface area contributed by atoms with E-state index in [0.29, 0.717) is 18.0 Å². The van der Waals surface area contributed by atoms with Crippen LogP contribution in [0.1, 0.15) is 29.0 Å². The lowest BCUT2D eigenvalue weighted by atomic mass is 9.88. The number of carbonyl (C=O) groups is 1. The molecule has 0 saturated carbocycles. The Morgan fingerprint density at radius 1 is 1.03 bits per heavy atom. The molecule has 3 aromatic carbocycles.